The smallest absolute Gasteiger partial charge is 0.248 e. The number of anilines is 2. The number of hydrogen-bond acceptors (Lipinski definition) is 3. The summed E-state index contributed by atoms with van der Waals surface area (Å²) in [6, 6.07) is 13.7. The van der Waals surface area contributed by atoms with Crippen LogP contribution in [-0.4, -0.2) is 26.1 Å². The van der Waals surface area contributed by atoms with Crippen molar-refractivity contribution in [2.75, 3.05) is 30.4 Å². The Morgan fingerprint density at radius 1 is 1.12 bits per heavy atom. The van der Waals surface area contributed by atoms with Crippen LogP contribution in [0.25, 0.3) is 6.08 Å². The van der Waals surface area contributed by atoms with E-state index in [-0.39, 0.29) is 5.91 Å². The van der Waals surface area contributed by atoms with Gasteiger partial charge < -0.3 is 15.0 Å². The molecule has 3 rings (SSSR count). The molecular weight excluding hydrogens is 392 g/mol. The minimum absolute atomic E-state index is 0.150. The van der Waals surface area contributed by atoms with Crippen molar-refractivity contribution in [2.24, 2.45) is 0 Å². The first-order valence-corrected chi connectivity index (χ1v) is 9.62. The van der Waals surface area contributed by atoms with Gasteiger partial charge in [-0.25, -0.2) is 0 Å². The highest BCUT2D eigenvalue weighted by atomic mass is 79.9. The van der Waals surface area contributed by atoms with Crippen LogP contribution in [-0.2, 0) is 4.79 Å². The maximum Gasteiger partial charge on any atom is 0.248 e. The van der Waals surface area contributed by atoms with E-state index in [1.807, 2.05) is 30.3 Å². The standard InChI is InChI=1S/C21H23BrN2O2/c1-26-20-11-5-16(15-19(20)22)6-12-21(25)23-17-7-9-18(10-8-17)24-13-3-2-4-14-24/h5-12,15H,2-4,13-14H2,1H3,(H,23,25). The summed E-state index contributed by atoms with van der Waals surface area (Å²) in [7, 11) is 1.62. The van der Waals surface area contributed by atoms with E-state index in [0.717, 1.165) is 34.6 Å². The van der Waals surface area contributed by atoms with Gasteiger partial charge in [0.05, 0.1) is 11.6 Å². The van der Waals surface area contributed by atoms with Crippen LogP contribution in [0.15, 0.2) is 53.0 Å². The van der Waals surface area contributed by atoms with Crippen LogP contribution in [0, 0.1) is 0 Å². The Bertz CT molecular complexity index is 781. The normalized spacial score (nSPS) is 14.5. The van der Waals surface area contributed by atoms with E-state index in [0.29, 0.717) is 0 Å². The monoisotopic (exact) mass is 414 g/mol. The summed E-state index contributed by atoms with van der Waals surface area (Å²) < 4.78 is 6.06. The lowest BCUT2D eigenvalue weighted by molar-refractivity contribution is -0.111. The topological polar surface area (TPSA) is 41.6 Å². The number of piperidine rings is 1. The molecule has 2 aromatic carbocycles. The fraction of sp³-hybridized carbons (Fsp3) is 0.286. The van der Waals surface area contributed by atoms with E-state index in [1.54, 1.807) is 13.2 Å². The lowest BCUT2D eigenvalue weighted by atomic mass is 10.1. The second kappa shape index (κ2) is 8.90. The minimum Gasteiger partial charge on any atom is -0.496 e. The van der Waals surface area contributed by atoms with Gasteiger partial charge in [-0.1, -0.05) is 6.07 Å². The third-order valence-electron chi connectivity index (χ3n) is 4.46. The van der Waals surface area contributed by atoms with E-state index >= 15 is 0 Å². The van der Waals surface area contributed by atoms with Crippen LogP contribution in [0.5, 0.6) is 5.75 Å². The van der Waals surface area contributed by atoms with Crippen molar-refractivity contribution >= 4 is 39.3 Å². The first kappa shape index (κ1) is 18.5. The van der Waals surface area contributed by atoms with Gasteiger partial charge in [-0.2, -0.15) is 0 Å². The number of amides is 1. The van der Waals surface area contributed by atoms with E-state index in [1.165, 1.54) is 31.0 Å². The van der Waals surface area contributed by atoms with Gasteiger partial charge in [0.25, 0.3) is 0 Å². The Kier molecular flexibility index (Phi) is 6.34. The Morgan fingerprint density at radius 2 is 1.85 bits per heavy atom. The maximum absolute atomic E-state index is 12.1. The summed E-state index contributed by atoms with van der Waals surface area (Å²) in [5, 5.41) is 2.90. The number of benzene rings is 2. The van der Waals surface area contributed by atoms with Crippen molar-refractivity contribution in [3.8, 4) is 5.75 Å². The first-order chi connectivity index (χ1) is 12.7. The fourth-order valence-electron chi connectivity index (χ4n) is 3.05. The molecule has 1 N–H and O–H groups in total. The zero-order valence-electron chi connectivity index (χ0n) is 14.9. The lowest BCUT2D eigenvalue weighted by Gasteiger charge is -2.28. The molecule has 0 spiro atoms. The lowest BCUT2D eigenvalue weighted by Crippen LogP contribution is -2.29. The average Bonchev–Trinajstić information content (AvgIpc) is 2.68. The second-order valence-electron chi connectivity index (χ2n) is 6.31. The molecular formula is C21H23BrN2O2. The number of carbonyl (C=O) groups is 1. The van der Waals surface area contributed by atoms with Crippen molar-refractivity contribution in [1.29, 1.82) is 0 Å². The first-order valence-electron chi connectivity index (χ1n) is 8.83. The van der Waals surface area contributed by atoms with Crippen molar-refractivity contribution in [3.05, 3.63) is 58.6 Å². The predicted molar refractivity (Wildman–Crippen MR) is 111 cm³/mol. The van der Waals surface area contributed by atoms with Crippen LogP contribution in [0.2, 0.25) is 0 Å². The molecule has 1 fully saturated rings. The quantitative estimate of drug-likeness (QED) is 0.691. The molecule has 0 aliphatic carbocycles. The number of ether oxygens (including phenoxy) is 1. The highest BCUT2D eigenvalue weighted by molar-refractivity contribution is 9.10. The molecule has 1 saturated heterocycles. The van der Waals surface area contributed by atoms with Crippen LogP contribution in [0.1, 0.15) is 24.8 Å². The molecule has 1 heterocycles. The van der Waals surface area contributed by atoms with E-state index in [2.05, 4.69) is 38.3 Å². The van der Waals surface area contributed by atoms with Crippen LogP contribution in [0.4, 0.5) is 11.4 Å². The van der Waals surface area contributed by atoms with Gasteiger partial charge in [0.15, 0.2) is 0 Å². The fourth-order valence-corrected chi connectivity index (χ4v) is 3.61. The van der Waals surface area contributed by atoms with Gasteiger partial charge in [-0.15, -0.1) is 0 Å². The second-order valence-corrected chi connectivity index (χ2v) is 7.17. The Balaban J connectivity index is 1.58. The number of nitrogens with zero attached hydrogens (tertiary/aromatic N) is 1. The molecule has 0 atom stereocenters. The molecule has 1 aliphatic heterocycles. The molecule has 0 radical (unpaired) electrons. The maximum atomic E-state index is 12.1. The third kappa shape index (κ3) is 4.88. The number of carbonyl (C=O) groups excluding carboxylic acids is 1. The molecule has 0 aromatic heterocycles. The summed E-state index contributed by atoms with van der Waals surface area (Å²) in [5.74, 6) is 0.614. The molecule has 5 heteroatoms. The van der Waals surface area contributed by atoms with Gasteiger partial charge in [0, 0.05) is 30.5 Å². The predicted octanol–water partition coefficient (Wildman–Crippen LogP) is 5.10. The average molecular weight is 415 g/mol. The molecule has 4 nitrogen and oxygen atoms in total. The van der Waals surface area contributed by atoms with Gasteiger partial charge in [-0.05, 0) is 83.2 Å². The molecule has 136 valence electrons. The SMILES string of the molecule is COc1ccc(C=CC(=O)Nc2ccc(N3CCCCC3)cc2)cc1Br. The Morgan fingerprint density at radius 3 is 2.50 bits per heavy atom. The molecule has 2 aromatic rings. The van der Waals surface area contributed by atoms with E-state index in [9.17, 15) is 4.79 Å². The number of hydrogen-bond donors (Lipinski definition) is 1. The molecule has 1 amide bonds. The van der Waals surface area contributed by atoms with Crippen molar-refractivity contribution in [3.63, 3.8) is 0 Å². The Hall–Kier alpha value is -2.27. The van der Waals surface area contributed by atoms with Gasteiger partial charge >= 0.3 is 0 Å². The summed E-state index contributed by atoms with van der Waals surface area (Å²) in [4.78, 5) is 14.5. The highest BCUT2D eigenvalue weighted by Gasteiger charge is 2.10. The zero-order chi connectivity index (χ0) is 18.4. The molecule has 26 heavy (non-hydrogen) atoms. The van der Waals surface area contributed by atoms with Crippen molar-refractivity contribution in [2.45, 2.75) is 19.3 Å². The Labute approximate surface area is 163 Å². The van der Waals surface area contributed by atoms with Gasteiger partial charge in [0.2, 0.25) is 5.91 Å². The molecule has 0 saturated carbocycles. The number of nitrogens with one attached hydrogen (secondary N) is 1. The number of halogens is 1. The van der Waals surface area contributed by atoms with E-state index < -0.39 is 0 Å². The van der Waals surface area contributed by atoms with Gasteiger partial charge in [0.1, 0.15) is 5.75 Å². The summed E-state index contributed by atoms with van der Waals surface area (Å²) >= 11 is 3.44. The van der Waals surface area contributed by atoms with Crippen molar-refractivity contribution < 1.29 is 9.53 Å². The number of rotatable bonds is 5. The highest BCUT2D eigenvalue weighted by Crippen LogP contribution is 2.26. The molecule has 0 bridgehead atoms. The summed E-state index contributed by atoms with van der Waals surface area (Å²) in [6.45, 7) is 2.23. The number of methoxy groups -OCH3 is 1. The summed E-state index contributed by atoms with van der Waals surface area (Å²) in [5.41, 5.74) is 2.95. The molecule has 1 aliphatic rings. The van der Waals surface area contributed by atoms with Crippen molar-refractivity contribution in [1.82, 2.24) is 0 Å². The zero-order valence-corrected chi connectivity index (χ0v) is 16.5. The van der Waals surface area contributed by atoms with Gasteiger partial charge in [-0.3, -0.25) is 4.79 Å². The minimum atomic E-state index is -0.150. The molecule has 0 unspecified atom stereocenters. The largest absolute Gasteiger partial charge is 0.496 e. The van der Waals surface area contributed by atoms with E-state index in [4.69, 9.17) is 4.74 Å². The van der Waals surface area contributed by atoms with Crippen LogP contribution >= 0.6 is 15.9 Å². The van der Waals surface area contributed by atoms with Crippen LogP contribution < -0.4 is 15.0 Å². The summed E-state index contributed by atoms with van der Waals surface area (Å²) in [6.07, 6.45) is 7.14. The third-order valence-corrected chi connectivity index (χ3v) is 5.08. The van der Waals surface area contributed by atoms with Crippen LogP contribution in [0.3, 0.4) is 0 Å².